The maximum atomic E-state index is 11.6. The minimum absolute atomic E-state index is 0.0203. The Morgan fingerprint density at radius 1 is 1.24 bits per heavy atom. The minimum Gasteiger partial charge on any atom is -0.449 e. The highest BCUT2D eigenvalue weighted by Gasteiger charge is 2.18. The van der Waals surface area contributed by atoms with Crippen molar-refractivity contribution in [3.05, 3.63) is 61.6 Å². The summed E-state index contributed by atoms with van der Waals surface area (Å²) < 4.78 is 6.24. The molecule has 7 heteroatoms. The number of rotatable bonds is 4. The lowest BCUT2D eigenvalue weighted by molar-refractivity contribution is -0.385. The number of nitro benzene ring substituents is 1. The van der Waals surface area contributed by atoms with Crippen molar-refractivity contribution in [1.29, 1.82) is 0 Å². The van der Waals surface area contributed by atoms with E-state index in [9.17, 15) is 14.9 Å². The van der Waals surface area contributed by atoms with Gasteiger partial charge in [0.15, 0.2) is 5.78 Å². The van der Waals surface area contributed by atoms with Crippen LogP contribution in [0.1, 0.15) is 17.3 Å². The fourth-order valence-electron chi connectivity index (χ4n) is 1.71. The number of ketones is 1. The molecule has 0 saturated heterocycles. The van der Waals surface area contributed by atoms with Gasteiger partial charge in [0.25, 0.3) is 0 Å². The SMILES string of the molecule is CC(=O)c1ccc(Br)cc1Oc1cc(Cl)ccc1[N+](=O)[O-]. The van der Waals surface area contributed by atoms with Gasteiger partial charge in [-0.1, -0.05) is 27.5 Å². The Morgan fingerprint density at radius 3 is 2.57 bits per heavy atom. The van der Waals surface area contributed by atoms with Gasteiger partial charge in [0.05, 0.1) is 10.5 Å². The van der Waals surface area contributed by atoms with E-state index in [2.05, 4.69) is 15.9 Å². The van der Waals surface area contributed by atoms with Gasteiger partial charge in [0, 0.05) is 21.6 Å². The Morgan fingerprint density at radius 2 is 1.95 bits per heavy atom. The maximum absolute atomic E-state index is 11.6. The Kier molecular flexibility index (Phi) is 4.59. The van der Waals surface area contributed by atoms with Crippen LogP contribution in [-0.2, 0) is 0 Å². The highest BCUT2D eigenvalue weighted by molar-refractivity contribution is 9.10. The van der Waals surface area contributed by atoms with Gasteiger partial charge in [-0.2, -0.15) is 0 Å². The van der Waals surface area contributed by atoms with Crippen LogP contribution in [-0.4, -0.2) is 10.7 Å². The smallest absolute Gasteiger partial charge is 0.311 e. The summed E-state index contributed by atoms with van der Waals surface area (Å²) in [4.78, 5) is 22.0. The van der Waals surface area contributed by atoms with Crippen LogP contribution in [0, 0.1) is 10.1 Å². The molecule has 0 radical (unpaired) electrons. The Bertz CT molecular complexity index is 671. The van der Waals surface area contributed by atoms with Crippen molar-refractivity contribution >= 4 is 39.0 Å². The first kappa shape index (κ1) is 15.5. The molecular weight excluding hydrogens is 362 g/mol. The van der Waals surface area contributed by atoms with Crippen molar-refractivity contribution in [2.75, 3.05) is 0 Å². The topological polar surface area (TPSA) is 69.4 Å². The molecule has 0 saturated carbocycles. The van der Waals surface area contributed by atoms with Crippen molar-refractivity contribution in [3.8, 4) is 11.5 Å². The van der Waals surface area contributed by atoms with Gasteiger partial charge < -0.3 is 4.74 Å². The summed E-state index contributed by atoms with van der Waals surface area (Å²) in [6, 6.07) is 8.84. The van der Waals surface area contributed by atoms with E-state index >= 15 is 0 Å². The molecule has 0 heterocycles. The number of carbonyl (C=O) groups is 1. The number of nitro groups is 1. The predicted molar refractivity (Wildman–Crippen MR) is 82.3 cm³/mol. The molecule has 0 amide bonds. The first-order valence-electron chi connectivity index (χ1n) is 5.81. The number of carbonyl (C=O) groups excluding carboxylic acids is 1. The Balaban J connectivity index is 2.52. The molecular formula is C14H9BrClNO4. The van der Waals surface area contributed by atoms with Crippen LogP contribution in [0.3, 0.4) is 0 Å². The quantitative estimate of drug-likeness (QED) is 0.431. The molecule has 21 heavy (non-hydrogen) atoms. The molecule has 108 valence electrons. The van der Waals surface area contributed by atoms with Crippen LogP contribution in [0.4, 0.5) is 5.69 Å². The van der Waals surface area contributed by atoms with E-state index < -0.39 is 4.92 Å². The lowest BCUT2D eigenvalue weighted by atomic mass is 10.1. The van der Waals surface area contributed by atoms with Crippen molar-refractivity contribution in [2.24, 2.45) is 0 Å². The fourth-order valence-corrected chi connectivity index (χ4v) is 2.21. The number of hydrogen-bond donors (Lipinski definition) is 0. The van der Waals surface area contributed by atoms with Crippen molar-refractivity contribution in [3.63, 3.8) is 0 Å². The lowest BCUT2D eigenvalue weighted by Gasteiger charge is -2.10. The third-order valence-corrected chi connectivity index (χ3v) is 3.39. The zero-order valence-corrected chi connectivity index (χ0v) is 13.1. The summed E-state index contributed by atoms with van der Waals surface area (Å²) in [7, 11) is 0. The fraction of sp³-hybridized carbons (Fsp3) is 0.0714. The zero-order chi connectivity index (χ0) is 15.6. The largest absolute Gasteiger partial charge is 0.449 e. The average molecular weight is 371 g/mol. The lowest BCUT2D eigenvalue weighted by Crippen LogP contribution is -1.99. The average Bonchev–Trinajstić information content (AvgIpc) is 2.38. The van der Waals surface area contributed by atoms with Gasteiger partial charge in [-0.3, -0.25) is 14.9 Å². The summed E-state index contributed by atoms with van der Waals surface area (Å²) >= 11 is 9.11. The van der Waals surface area contributed by atoms with E-state index in [1.54, 1.807) is 18.2 Å². The van der Waals surface area contributed by atoms with Crippen molar-refractivity contribution < 1.29 is 14.5 Å². The number of benzene rings is 2. The standard InChI is InChI=1S/C14H9BrClNO4/c1-8(18)11-4-2-9(15)6-13(11)21-14-7-10(16)3-5-12(14)17(19)20/h2-7H,1H3. The summed E-state index contributed by atoms with van der Waals surface area (Å²) in [6.07, 6.45) is 0. The Labute approximate surface area is 133 Å². The van der Waals surface area contributed by atoms with Gasteiger partial charge in [-0.05, 0) is 31.2 Å². The first-order chi connectivity index (χ1) is 9.88. The molecule has 0 aliphatic heterocycles. The molecule has 0 aliphatic carbocycles. The van der Waals surface area contributed by atoms with E-state index in [1.807, 2.05) is 0 Å². The van der Waals surface area contributed by atoms with Gasteiger partial charge in [0.2, 0.25) is 5.75 Å². The number of halogens is 2. The zero-order valence-electron chi connectivity index (χ0n) is 10.8. The molecule has 0 atom stereocenters. The second kappa shape index (κ2) is 6.24. The van der Waals surface area contributed by atoms with Crippen molar-refractivity contribution in [1.82, 2.24) is 0 Å². The van der Waals surface area contributed by atoms with Crippen LogP contribution in [0.25, 0.3) is 0 Å². The number of ether oxygens (including phenoxy) is 1. The third kappa shape index (κ3) is 3.59. The molecule has 0 fully saturated rings. The van der Waals surface area contributed by atoms with Gasteiger partial charge in [-0.15, -0.1) is 0 Å². The summed E-state index contributed by atoms with van der Waals surface area (Å²) in [5.74, 6) is -0.00229. The molecule has 5 nitrogen and oxygen atoms in total. The van der Waals surface area contributed by atoms with Crippen LogP contribution < -0.4 is 4.74 Å². The monoisotopic (exact) mass is 369 g/mol. The van der Waals surface area contributed by atoms with E-state index in [0.717, 1.165) is 0 Å². The minimum atomic E-state index is -0.572. The summed E-state index contributed by atoms with van der Waals surface area (Å²) in [5, 5.41) is 11.3. The molecule has 2 aromatic carbocycles. The molecule has 2 rings (SSSR count). The Hall–Kier alpha value is -1.92. The number of Topliss-reactive ketones (excluding diaryl/α,β-unsaturated/α-hetero) is 1. The van der Waals surface area contributed by atoms with Gasteiger partial charge in [-0.25, -0.2) is 0 Å². The number of hydrogen-bond acceptors (Lipinski definition) is 4. The van der Waals surface area contributed by atoms with Crippen LogP contribution >= 0.6 is 27.5 Å². The number of nitrogens with zero attached hydrogens (tertiary/aromatic N) is 1. The highest BCUT2D eigenvalue weighted by Crippen LogP contribution is 2.36. The molecule has 0 N–H and O–H groups in total. The second-order valence-electron chi connectivity index (χ2n) is 4.17. The normalized spacial score (nSPS) is 10.2. The molecule has 0 aromatic heterocycles. The van der Waals surface area contributed by atoms with Crippen LogP contribution in [0.5, 0.6) is 11.5 Å². The van der Waals surface area contributed by atoms with Crippen LogP contribution in [0.2, 0.25) is 5.02 Å². The van der Waals surface area contributed by atoms with Crippen LogP contribution in [0.15, 0.2) is 40.9 Å². The third-order valence-electron chi connectivity index (χ3n) is 2.66. The second-order valence-corrected chi connectivity index (χ2v) is 5.52. The summed E-state index contributed by atoms with van der Waals surface area (Å²) in [6.45, 7) is 1.39. The molecule has 0 bridgehead atoms. The molecule has 2 aromatic rings. The van der Waals surface area contributed by atoms with Crippen molar-refractivity contribution in [2.45, 2.75) is 6.92 Å². The highest BCUT2D eigenvalue weighted by atomic mass is 79.9. The van der Waals surface area contributed by atoms with Gasteiger partial charge >= 0.3 is 5.69 Å². The predicted octanol–water partition coefficient (Wildman–Crippen LogP) is 5.01. The van der Waals surface area contributed by atoms with E-state index in [-0.39, 0.29) is 23.0 Å². The summed E-state index contributed by atoms with van der Waals surface area (Å²) in [5.41, 5.74) is 0.0985. The van der Waals surface area contributed by atoms with E-state index in [1.165, 1.54) is 25.1 Å². The first-order valence-corrected chi connectivity index (χ1v) is 6.98. The maximum Gasteiger partial charge on any atom is 0.311 e. The van der Waals surface area contributed by atoms with E-state index in [4.69, 9.17) is 16.3 Å². The molecule has 0 aliphatic rings. The molecule has 0 unspecified atom stereocenters. The molecule has 0 spiro atoms. The van der Waals surface area contributed by atoms with Gasteiger partial charge in [0.1, 0.15) is 5.75 Å². The van der Waals surface area contributed by atoms with E-state index in [0.29, 0.717) is 15.1 Å².